The summed E-state index contributed by atoms with van der Waals surface area (Å²) in [5.41, 5.74) is -2.87. The maximum atomic E-state index is 12.7. The Morgan fingerprint density at radius 3 is 2.47 bits per heavy atom. The SMILES string of the molecule is COC(=O)Cc1c(Br)cc(C(F)(F)F)nc1C(F)F. The highest BCUT2D eigenvalue weighted by atomic mass is 79.9. The Hall–Kier alpha value is -1.25. The lowest BCUT2D eigenvalue weighted by atomic mass is 10.1. The molecule has 0 fully saturated rings. The molecule has 0 aliphatic carbocycles. The van der Waals surface area contributed by atoms with E-state index in [0.717, 1.165) is 7.11 Å². The van der Waals surface area contributed by atoms with Crippen LogP contribution in [0.2, 0.25) is 0 Å². The predicted molar refractivity (Wildman–Crippen MR) is 57.6 cm³/mol. The molecule has 0 spiro atoms. The van der Waals surface area contributed by atoms with E-state index in [4.69, 9.17) is 0 Å². The molecule has 0 N–H and O–H groups in total. The van der Waals surface area contributed by atoms with Crippen LogP contribution in [0.5, 0.6) is 0 Å². The largest absolute Gasteiger partial charge is 0.469 e. The fraction of sp³-hybridized carbons (Fsp3) is 0.400. The van der Waals surface area contributed by atoms with Crippen LogP contribution in [0.25, 0.3) is 0 Å². The Kier molecular flexibility index (Phi) is 4.83. The van der Waals surface area contributed by atoms with Gasteiger partial charge in [0.15, 0.2) is 0 Å². The van der Waals surface area contributed by atoms with Crippen LogP contribution >= 0.6 is 15.9 Å². The molecule has 0 bridgehead atoms. The van der Waals surface area contributed by atoms with Crippen LogP contribution in [0, 0.1) is 0 Å². The molecule has 106 valence electrons. The molecule has 0 aliphatic heterocycles. The lowest BCUT2D eigenvalue weighted by Gasteiger charge is -2.13. The van der Waals surface area contributed by atoms with Crippen molar-refractivity contribution in [1.82, 2.24) is 4.98 Å². The summed E-state index contributed by atoms with van der Waals surface area (Å²) in [4.78, 5) is 13.9. The van der Waals surface area contributed by atoms with Crippen molar-refractivity contribution >= 4 is 21.9 Å². The number of alkyl halides is 5. The van der Waals surface area contributed by atoms with Crippen LogP contribution < -0.4 is 0 Å². The van der Waals surface area contributed by atoms with Gasteiger partial charge in [0.25, 0.3) is 6.43 Å². The first-order valence-corrected chi connectivity index (χ1v) is 5.57. The average Bonchev–Trinajstić information content (AvgIpc) is 2.29. The van der Waals surface area contributed by atoms with Crippen molar-refractivity contribution < 1.29 is 31.5 Å². The Bertz CT molecular complexity index is 490. The molecular formula is C10H7BrF5NO2. The van der Waals surface area contributed by atoms with E-state index in [-0.39, 0.29) is 10.0 Å². The predicted octanol–water partition coefficient (Wildman–Crippen LogP) is 3.52. The molecule has 0 saturated heterocycles. The van der Waals surface area contributed by atoms with Crippen molar-refractivity contribution in [2.24, 2.45) is 0 Å². The number of esters is 1. The highest BCUT2D eigenvalue weighted by Gasteiger charge is 2.35. The number of nitrogens with zero attached hydrogens (tertiary/aromatic N) is 1. The number of ether oxygens (including phenoxy) is 1. The van der Waals surface area contributed by atoms with Crippen LogP contribution in [0.4, 0.5) is 22.0 Å². The topological polar surface area (TPSA) is 39.2 Å². The van der Waals surface area contributed by atoms with Crippen molar-refractivity contribution in [2.75, 3.05) is 7.11 Å². The van der Waals surface area contributed by atoms with Gasteiger partial charge < -0.3 is 4.74 Å². The molecule has 0 radical (unpaired) electrons. The molecule has 0 aromatic carbocycles. The van der Waals surface area contributed by atoms with Crippen molar-refractivity contribution in [2.45, 2.75) is 19.0 Å². The molecule has 0 unspecified atom stereocenters. The van der Waals surface area contributed by atoms with E-state index in [2.05, 4.69) is 25.7 Å². The molecule has 1 rings (SSSR count). The number of rotatable bonds is 3. The minimum Gasteiger partial charge on any atom is -0.469 e. The Morgan fingerprint density at radius 2 is 2.05 bits per heavy atom. The maximum absolute atomic E-state index is 12.7. The van der Waals surface area contributed by atoms with Gasteiger partial charge in [-0.25, -0.2) is 13.8 Å². The van der Waals surface area contributed by atoms with Gasteiger partial charge in [0, 0.05) is 10.0 Å². The zero-order valence-corrected chi connectivity index (χ0v) is 11.0. The first-order valence-electron chi connectivity index (χ1n) is 4.78. The molecule has 1 aromatic heterocycles. The highest BCUT2D eigenvalue weighted by molar-refractivity contribution is 9.10. The van der Waals surface area contributed by atoms with Gasteiger partial charge in [-0.05, 0) is 6.07 Å². The van der Waals surface area contributed by atoms with Crippen LogP contribution in [-0.4, -0.2) is 18.1 Å². The summed E-state index contributed by atoms with van der Waals surface area (Å²) in [5.74, 6) is -0.857. The summed E-state index contributed by atoms with van der Waals surface area (Å²) in [6, 6.07) is 0.546. The van der Waals surface area contributed by atoms with Crippen LogP contribution in [-0.2, 0) is 22.1 Å². The van der Waals surface area contributed by atoms with Gasteiger partial charge in [-0.2, -0.15) is 13.2 Å². The number of methoxy groups -OCH3 is 1. The standard InChI is InChI=1S/C10H7BrF5NO2/c1-19-7(18)2-4-5(11)3-6(10(14,15)16)17-8(4)9(12)13/h3,9H,2H2,1H3. The molecule has 9 heteroatoms. The zero-order chi connectivity index (χ0) is 14.8. The van der Waals surface area contributed by atoms with Gasteiger partial charge in [0.1, 0.15) is 11.4 Å². The third-order valence-corrected chi connectivity index (χ3v) is 2.86. The summed E-state index contributed by atoms with van der Waals surface area (Å²) in [6.45, 7) is 0. The fourth-order valence-electron chi connectivity index (χ4n) is 1.28. The molecule has 1 heterocycles. The molecule has 0 amide bonds. The first-order chi connectivity index (χ1) is 8.66. The lowest BCUT2D eigenvalue weighted by Crippen LogP contribution is -2.14. The molecule has 0 atom stereocenters. The molecular weight excluding hydrogens is 341 g/mol. The average molecular weight is 348 g/mol. The van der Waals surface area contributed by atoms with Gasteiger partial charge in [0.05, 0.1) is 13.5 Å². The number of pyridine rings is 1. The summed E-state index contributed by atoms with van der Waals surface area (Å²) < 4.78 is 66.8. The van der Waals surface area contributed by atoms with E-state index >= 15 is 0 Å². The number of aromatic nitrogens is 1. The second-order valence-corrected chi connectivity index (χ2v) is 4.26. The molecule has 19 heavy (non-hydrogen) atoms. The van der Waals surface area contributed by atoms with E-state index in [1.165, 1.54) is 0 Å². The van der Waals surface area contributed by atoms with Crippen LogP contribution in [0.15, 0.2) is 10.5 Å². The van der Waals surface area contributed by atoms with Crippen LogP contribution in [0.3, 0.4) is 0 Å². The lowest BCUT2D eigenvalue weighted by molar-refractivity contribution is -0.141. The van der Waals surface area contributed by atoms with E-state index in [1.807, 2.05) is 0 Å². The number of hydrogen-bond donors (Lipinski definition) is 0. The van der Waals surface area contributed by atoms with Crippen molar-refractivity contribution in [3.8, 4) is 0 Å². The number of hydrogen-bond acceptors (Lipinski definition) is 3. The summed E-state index contributed by atoms with van der Waals surface area (Å²) >= 11 is 2.74. The second-order valence-electron chi connectivity index (χ2n) is 3.40. The smallest absolute Gasteiger partial charge is 0.433 e. The Labute approximate surface area is 112 Å². The zero-order valence-electron chi connectivity index (χ0n) is 9.39. The minimum atomic E-state index is -4.85. The minimum absolute atomic E-state index is 0.268. The normalized spacial score (nSPS) is 11.8. The van der Waals surface area contributed by atoms with Gasteiger partial charge in [-0.1, -0.05) is 15.9 Å². The number of carbonyl (C=O) groups is 1. The van der Waals surface area contributed by atoms with Gasteiger partial charge >= 0.3 is 12.1 Å². The van der Waals surface area contributed by atoms with E-state index in [0.29, 0.717) is 6.07 Å². The third-order valence-electron chi connectivity index (χ3n) is 2.15. The van der Waals surface area contributed by atoms with Crippen LogP contribution in [0.1, 0.15) is 23.4 Å². The summed E-state index contributed by atoms with van der Waals surface area (Å²) in [6.07, 6.45) is -8.68. The third kappa shape index (κ3) is 3.85. The molecule has 1 aromatic rings. The Balaban J connectivity index is 3.35. The van der Waals surface area contributed by atoms with E-state index < -0.39 is 36.4 Å². The molecule has 0 aliphatic rings. The van der Waals surface area contributed by atoms with Gasteiger partial charge in [-0.15, -0.1) is 0 Å². The molecule has 0 saturated carbocycles. The summed E-state index contributed by atoms with van der Waals surface area (Å²) in [7, 11) is 1.04. The van der Waals surface area contributed by atoms with Crippen molar-refractivity contribution in [1.29, 1.82) is 0 Å². The van der Waals surface area contributed by atoms with Crippen molar-refractivity contribution in [3.63, 3.8) is 0 Å². The molecule has 3 nitrogen and oxygen atoms in total. The van der Waals surface area contributed by atoms with Crippen molar-refractivity contribution in [3.05, 3.63) is 27.5 Å². The monoisotopic (exact) mass is 347 g/mol. The quantitative estimate of drug-likeness (QED) is 0.620. The van der Waals surface area contributed by atoms with E-state index in [9.17, 15) is 26.7 Å². The summed E-state index contributed by atoms with van der Waals surface area (Å²) in [5, 5.41) is 0. The van der Waals surface area contributed by atoms with E-state index in [1.54, 1.807) is 0 Å². The first kappa shape index (κ1) is 15.8. The fourth-order valence-corrected chi connectivity index (χ4v) is 1.84. The van der Waals surface area contributed by atoms with Gasteiger partial charge in [-0.3, -0.25) is 4.79 Å². The van der Waals surface area contributed by atoms with Gasteiger partial charge in [0.2, 0.25) is 0 Å². The second kappa shape index (κ2) is 5.81. The number of carbonyl (C=O) groups excluding carboxylic acids is 1. The number of halogens is 6. The maximum Gasteiger partial charge on any atom is 0.433 e. The Morgan fingerprint density at radius 1 is 1.47 bits per heavy atom. The highest BCUT2D eigenvalue weighted by Crippen LogP contribution is 2.35.